The van der Waals surface area contributed by atoms with Crippen LogP contribution < -0.4 is 10.6 Å². The maximum absolute atomic E-state index is 12.6. The number of carbonyl (C=O) groups is 2. The number of amides is 2. The molecule has 1 heterocycles. The van der Waals surface area contributed by atoms with Crippen molar-refractivity contribution in [3.63, 3.8) is 0 Å². The quantitative estimate of drug-likeness (QED) is 0.682. The number of hydrogen-bond acceptors (Lipinski definition) is 3. The number of nitrogens with zero attached hydrogens (tertiary/aromatic N) is 1. The summed E-state index contributed by atoms with van der Waals surface area (Å²) in [7, 11) is 0. The van der Waals surface area contributed by atoms with Crippen molar-refractivity contribution < 1.29 is 9.59 Å². The molecule has 28 heavy (non-hydrogen) atoms. The molecule has 0 aliphatic rings. The zero-order valence-electron chi connectivity index (χ0n) is 16.0. The van der Waals surface area contributed by atoms with E-state index in [0.717, 1.165) is 28.8 Å². The predicted octanol–water partition coefficient (Wildman–Crippen LogP) is 4.13. The number of aryl methyl sites for hydroxylation is 2. The molecule has 0 radical (unpaired) electrons. The molecule has 0 spiro atoms. The number of nitrogens with one attached hydrogen (secondary N) is 2. The van der Waals surface area contributed by atoms with Crippen molar-refractivity contribution in [2.24, 2.45) is 0 Å². The highest BCUT2D eigenvalue weighted by Crippen LogP contribution is 2.22. The van der Waals surface area contributed by atoms with Crippen LogP contribution in [0.15, 0.2) is 67.0 Å². The summed E-state index contributed by atoms with van der Waals surface area (Å²) in [6.07, 6.45) is 4.22. The summed E-state index contributed by atoms with van der Waals surface area (Å²) in [6.45, 7) is 4.46. The van der Waals surface area contributed by atoms with Gasteiger partial charge in [0, 0.05) is 35.8 Å². The smallest absolute Gasteiger partial charge is 0.255 e. The number of rotatable bonds is 6. The number of pyridine rings is 1. The normalized spacial score (nSPS) is 10.4. The van der Waals surface area contributed by atoms with Crippen molar-refractivity contribution in [2.45, 2.75) is 26.8 Å². The molecule has 5 nitrogen and oxygen atoms in total. The molecule has 0 saturated carbocycles. The van der Waals surface area contributed by atoms with Crippen LogP contribution in [0.4, 0.5) is 5.69 Å². The topological polar surface area (TPSA) is 71.1 Å². The lowest BCUT2D eigenvalue weighted by Gasteiger charge is -2.13. The summed E-state index contributed by atoms with van der Waals surface area (Å²) < 4.78 is 0. The van der Waals surface area contributed by atoms with Gasteiger partial charge in [0.05, 0.1) is 0 Å². The highest BCUT2D eigenvalue weighted by atomic mass is 16.2. The van der Waals surface area contributed by atoms with Crippen LogP contribution >= 0.6 is 0 Å². The lowest BCUT2D eigenvalue weighted by molar-refractivity contribution is 0.0949. The van der Waals surface area contributed by atoms with Crippen molar-refractivity contribution in [3.05, 3.63) is 94.8 Å². The Bertz CT molecular complexity index is 967. The minimum atomic E-state index is -0.187. The summed E-state index contributed by atoms with van der Waals surface area (Å²) in [5, 5.41) is 5.85. The maximum Gasteiger partial charge on any atom is 0.255 e. The van der Waals surface area contributed by atoms with Crippen LogP contribution in [0.3, 0.4) is 0 Å². The molecule has 0 fully saturated rings. The standard InChI is InChI=1S/C23H23N3O2/c1-3-18-6-4-5-16(2)21(18)26-23(28)20-9-7-19(8-10-20)22(27)25-15-17-11-13-24-14-12-17/h4-14H,3,15H2,1-2H3,(H,25,27)(H,26,28). The average Bonchev–Trinajstić information content (AvgIpc) is 2.74. The Morgan fingerprint density at radius 2 is 1.54 bits per heavy atom. The SMILES string of the molecule is CCc1cccc(C)c1NC(=O)c1ccc(C(=O)NCc2ccncc2)cc1. The van der Waals surface area contributed by atoms with E-state index in [2.05, 4.69) is 22.5 Å². The van der Waals surface area contributed by atoms with Gasteiger partial charge in [-0.05, 0) is 66.4 Å². The maximum atomic E-state index is 12.6. The first kappa shape index (κ1) is 19.3. The fourth-order valence-electron chi connectivity index (χ4n) is 2.95. The van der Waals surface area contributed by atoms with Crippen LogP contribution in [0.5, 0.6) is 0 Å². The fraction of sp³-hybridized carbons (Fsp3) is 0.174. The van der Waals surface area contributed by atoms with Gasteiger partial charge in [0.1, 0.15) is 0 Å². The van der Waals surface area contributed by atoms with E-state index in [1.54, 1.807) is 36.7 Å². The van der Waals surface area contributed by atoms with Crippen molar-refractivity contribution in [1.82, 2.24) is 10.3 Å². The molecule has 142 valence electrons. The third kappa shape index (κ3) is 4.62. The van der Waals surface area contributed by atoms with Gasteiger partial charge in [0.15, 0.2) is 0 Å². The van der Waals surface area contributed by atoms with Gasteiger partial charge in [-0.3, -0.25) is 14.6 Å². The van der Waals surface area contributed by atoms with E-state index in [-0.39, 0.29) is 11.8 Å². The van der Waals surface area contributed by atoms with Crippen LogP contribution in [0.2, 0.25) is 0 Å². The van der Waals surface area contributed by atoms with Crippen LogP contribution in [0.25, 0.3) is 0 Å². The Morgan fingerprint density at radius 3 is 2.18 bits per heavy atom. The van der Waals surface area contributed by atoms with Gasteiger partial charge in [-0.1, -0.05) is 25.1 Å². The second-order valence-electron chi connectivity index (χ2n) is 6.53. The van der Waals surface area contributed by atoms with Gasteiger partial charge < -0.3 is 10.6 Å². The third-order valence-electron chi connectivity index (χ3n) is 4.59. The van der Waals surface area contributed by atoms with E-state index >= 15 is 0 Å². The van der Waals surface area contributed by atoms with Gasteiger partial charge in [0.2, 0.25) is 0 Å². The van der Waals surface area contributed by atoms with Gasteiger partial charge in [-0.2, -0.15) is 0 Å². The van der Waals surface area contributed by atoms with Gasteiger partial charge >= 0.3 is 0 Å². The molecule has 2 amide bonds. The highest BCUT2D eigenvalue weighted by Gasteiger charge is 2.12. The molecular formula is C23H23N3O2. The Balaban J connectivity index is 1.65. The molecule has 0 unspecified atom stereocenters. The van der Waals surface area contributed by atoms with Gasteiger partial charge in [-0.25, -0.2) is 0 Å². The minimum absolute atomic E-state index is 0.184. The predicted molar refractivity (Wildman–Crippen MR) is 110 cm³/mol. The molecule has 3 rings (SSSR count). The van der Waals surface area contributed by atoms with E-state index in [1.165, 1.54) is 0 Å². The molecule has 2 aromatic carbocycles. The zero-order chi connectivity index (χ0) is 19.9. The minimum Gasteiger partial charge on any atom is -0.348 e. The molecule has 0 bridgehead atoms. The summed E-state index contributed by atoms with van der Waals surface area (Å²) in [6, 6.07) is 16.3. The molecule has 0 aliphatic carbocycles. The largest absolute Gasteiger partial charge is 0.348 e. The Morgan fingerprint density at radius 1 is 0.893 bits per heavy atom. The lowest BCUT2D eigenvalue weighted by Crippen LogP contribution is -2.23. The van der Waals surface area contributed by atoms with E-state index < -0.39 is 0 Å². The molecule has 5 heteroatoms. The van der Waals surface area contributed by atoms with E-state index in [9.17, 15) is 9.59 Å². The fourth-order valence-corrected chi connectivity index (χ4v) is 2.95. The molecule has 3 aromatic rings. The molecule has 1 aromatic heterocycles. The Hall–Kier alpha value is -3.47. The number of para-hydroxylation sites is 1. The summed E-state index contributed by atoms with van der Waals surface area (Å²) in [5.74, 6) is -0.372. The molecular weight excluding hydrogens is 350 g/mol. The first-order valence-corrected chi connectivity index (χ1v) is 9.25. The summed E-state index contributed by atoms with van der Waals surface area (Å²) >= 11 is 0. The first-order valence-electron chi connectivity index (χ1n) is 9.25. The van der Waals surface area contributed by atoms with Crippen molar-refractivity contribution in [3.8, 4) is 0 Å². The molecule has 0 atom stereocenters. The zero-order valence-corrected chi connectivity index (χ0v) is 16.0. The van der Waals surface area contributed by atoms with Crippen molar-refractivity contribution >= 4 is 17.5 Å². The summed E-state index contributed by atoms with van der Waals surface area (Å²) in [5.41, 5.74) is 4.98. The van der Waals surface area contributed by atoms with Crippen LogP contribution in [-0.4, -0.2) is 16.8 Å². The van der Waals surface area contributed by atoms with E-state index in [1.807, 2.05) is 37.3 Å². The first-order chi connectivity index (χ1) is 13.6. The van der Waals surface area contributed by atoms with Gasteiger partial charge in [0.25, 0.3) is 11.8 Å². The van der Waals surface area contributed by atoms with Crippen LogP contribution in [-0.2, 0) is 13.0 Å². The van der Waals surface area contributed by atoms with Crippen molar-refractivity contribution in [1.29, 1.82) is 0 Å². The Kier molecular flexibility index (Phi) is 6.17. The monoisotopic (exact) mass is 373 g/mol. The second kappa shape index (κ2) is 8.95. The second-order valence-corrected chi connectivity index (χ2v) is 6.53. The number of hydrogen-bond donors (Lipinski definition) is 2. The van der Waals surface area contributed by atoms with E-state index in [4.69, 9.17) is 0 Å². The molecule has 0 saturated heterocycles. The van der Waals surface area contributed by atoms with E-state index in [0.29, 0.717) is 17.7 Å². The van der Waals surface area contributed by atoms with Crippen molar-refractivity contribution in [2.75, 3.05) is 5.32 Å². The lowest BCUT2D eigenvalue weighted by atomic mass is 10.0. The molecule has 2 N–H and O–H groups in total. The van der Waals surface area contributed by atoms with Crippen LogP contribution in [0.1, 0.15) is 44.3 Å². The van der Waals surface area contributed by atoms with Crippen LogP contribution in [0, 0.1) is 6.92 Å². The molecule has 0 aliphatic heterocycles. The number of carbonyl (C=O) groups excluding carboxylic acids is 2. The number of aromatic nitrogens is 1. The highest BCUT2D eigenvalue weighted by molar-refractivity contribution is 6.05. The summed E-state index contributed by atoms with van der Waals surface area (Å²) in [4.78, 5) is 28.9. The number of benzene rings is 2. The number of anilines is 1. The Labute approximate surface area is 164 Å². The average molecular weight is 373 g/mol. The third-order valence-corrected chi connectivity index (χ3v) is 4.59. The van der Waals surface area contributed by atoms with Gasteiger partial charge in [-0.15, -0.1) is 0 Å².